The van der Waals surface area contributed by atoms with E-state index in [0.717, 1.165) is 12.8 Å². The van der Waals surface area contributed by atoms with Crippen LogP contribution >= 0.6 is 0 Å². The maximum absolute atomic E-state index is 10.7. The van der Waals surface area contributed by atoms with E-state index >= 15 is 0 Å². The Morgan fingerprint density at radius 2 is 2.05 bits per heavy atom. The quantitative estimate of drug-likeness (QED) is 0.796. The Kier molecular flexibility index (Phi) is 2.19. The minimum absolute atomic E-state index is 0.331. The standard InChI is InChI=1S/C17H20N2O/c20-15-10-11-4-3-8-18-9-7-13-12-5-1-2-6-14(12)19(15)17(13)16(11)18/h1-2,5-6,11,15-16,20H,3-4,7-10H2/t11-,15-,16?/m0/s1. The molecule has 3 atom stereocenters. The van der Waals surface area contributed by atoms with E-state index in [9.17, 15) is 5.11 Å². The van der Waals surface area contributed by atoms with Gasteiger partial charge in [0, 0.05) is 17.6 Å². The van der Waals surface area contributed by atoms with Crippen LogP contribution in [0.4, 0.5) is 0 Å². The first-order chi connectivity index (χ1) is 9.84. The number of aliphatic hydroxyl groups excluding tert-OH is 1. The lowest BCUT2D eigenvalue weighted by Gasteiger charge is -2.48. The second kappa shape index (κ2) is 3.86. The van der Waals surface area contributed by atoms with Gasteiger partial charge in [-0.3, -0.25) is 4.90 Å². The van der Waals surface area contributed by atoms with E-state index in [-0.39, 0.29) is 6.23 Å². The van der Waals surface area contributed by atoms with Crippen LogP contribution < -0.4 is 0 Å². The van der Waals surface area contributed by atoms with E-state index in [1.807, 2.05) is 0 Å². The van der Waals surface area contributed by atoms with Gasteiger partial charge in [-0.05, 0) is 49.8 Å². The van der Waals surface area contributed by atoms with Crippen molar-refractivity contribution in [1.82, 2.24) is 9.47 Å². The molecule has 0 aliphatic carbocycles. The number of piperidine rings is 1. The third kappa shape index (κ3) is 1.28. The summed E-state index contributed by atoms with van der Waals surface area (Å²) >= 11 is 0. The molecule has 2 aromatic rings. The van der Waals surface area contributed by atoms with Gasteiger partial charge in [-0.15, -0.1) is 0 Å². The fourth-order valence-electron chi connectivity index (χ4n) is 4.93. The van der Waals surface area contributed by atoms with Crippen LogP contribution in [0.25, 0.3) is 10.9 Å². The number of rotatable bonds is 0. The largest absolute Gasteiger partial charge is 0.373 e. The molecule has 3 aliphatic rings. The Hall–Kier alpha value is -1.32. The molecule has 0 saturated carbocycles. The summed E-state index contributed by atoms with van der Waals surface area (Å²) in [5.74, 6) is 0.648. The predicted molar refractivity (Wildman–Crippen MR) is 78.6 cm³/mol. The fourth-order valence-corrected chi connectivity index (χ4v) is 4.93. The topological polar surface area (TPSA) is 28.4 Å². The predicted octanol–water partition coefficient (Wildman–Crippen LogP) is 2.85. The molecule has 1 fully saturated rings. The van der Waals surface area contributed by atoms with Crippen molar-refractivity contribution in [2.75, 3.05) is 13.1 Å². The maximum Gasteiger partial charge on any atom is 0.131 e. The molecule has 0 radical (unpaired) electrons. The fraction of sp³-hybridized carbons (Fsp3) is 0.529. The van der Waals surface area contributed by atoms with E-state index in [0.29, 0.717) is 12.0 Å². The van der Waals surface area contributed by atoms with Crippen LogP contribution in [0.5, 0.6) is 0 Å². The number of fused-ring (bicyclic) bond motifs is 3. The first-order valence-corrected chi connectivity index (χ1v) is 7.88. The van der Waals surface area contributed by atoms with Crippen LogP contribution in [0.15, 0.2) is 24.3 Å². The molecule has 1 unspecified atom stereocenters. The summed E-state index contributed by atoms with van der Waals surface area (Å²) in [7, 11) is 0. The molecule has 0 amide bonds. The maximum atomic E-state index is 10.7. The summed E-state index contributed by atoms with van der Waals surface area (Å²) in [5, 5.41) is 12.0. The van der Waals surface area contributed by atoms with Gasteiger partial charge in [-0.1, -0.05) is 18.2 Å². The van der Waals surface area contributed by atoms with Gasteiger partial charge in [-0.25, -0.2) is 0 Å². The molecular weight excluding hydrogens is 248 g/mol. The van der Waals surface area contributed by atoms with Gasteiger partial charge in [-0.2, -0.15) is 0 Å². The van der Waals surface area contributed by atoms with Gasteiger partial charge < -0.3 is 9.67 Å². The average molecular weight is 268 g/mol. The highest BCUT2D eigenvalue weighted by Gasteiger charge is 2.44. The summed E-state index contributed by atoms with van der Waals surface area (Å²) < 4.78 is 2.24. The average Bonchev–Trinajstić information content (AvgIpc) is 2.82. The lowest BCUT2D eigenvalue weighted by atomic mass is 9.78. The summed E-state index contributed by atoms with van der Waals surface area (Å²) in [6, 6.07) is 9.18. The molecule has 3 aliphatic heterocycles. The van der Waals surface area contributed by atoms with Gasteiger partial charge in [0.05, 0.1) is 11.6 Å². The zero-order valence-electron chi connectivity index (χ0n) is 11.6. The second-order valence-electron chi connectivity index (χ2n) is 6.60. The highest BCUT2D eigenvalue weighted by molar-refractivity contribution is 5.86. The highest BCUT2D eigenvalue weighted by atomic mass is 16.3. The Morgan fingerprint density at radius 3 is 3.00 bits per heavy atom. The van der Waals surface area contributed by atoms with Gasteiger partial charge >= 0.3 is 0 Å². The van der Waals surface area contributed by atoms with Crippen LogP contribution in [0.3, 0.4) is 0 Å². The highest BCUT2D eigenvalue weighted by Crippen LogP contribution is 2.50. The molecule has 3 nitrogen and oxygen atoms in total. The number of hydrogen-bond donors (Lipinski definition) is 1. The normalized spacial score (nSPS) is 32.4. The van der Waals surface area contributed by atoms with Gasteiger partial charge in [0.15, 0.2) is 0 Å². The molecule has 1 saturated heterocycles. The molecule has 104 valence electrons. The molecule has 4 heterocycles. The van der Waals surface area contributed by atoms with Crippen molar-refractivity contribution < 1.29 is 5.11 Å². The van der Waals surface area contributed by atoms with Crippen molar-refractivity contribution in [1.29, 1.82) is 0 Å². The lowest BCUT2D eigenvalue weighted by Crippen LogP contribution is -2.47. The zero-order chi connectivity index (χ0) is 13.3. The number of para-hydroxylation sites is 1. The van der Waals surface area contributed by atoms with Crippen molar-refractivity contribution in [2.24, 2.45) is 5.92 Å². The lowest BCUT2D eigenvalue weighted by molar-refractivity contribution is -0.0148. The molecular formula is C17H20N2O. The van der Waals surface area contributed by atoms with Crippen molar-refractivity contribution in [3.63, 3.8) is 0 Å². The van der Waals surface area contributed by atoms with Crippen LogP contribution in [0.2, 0.25) is 0 Å². The third-order valence-electron chi connectivity index (χ3n) is 5.66. The minimum Gasteiger partial charge on any atom is -0.373 e. The monoisotopic (exact) mass is 268 g/mol. The molecule has 5 rings (SSSR count). The van der Waals surface area contributed by atoms with Crippen LogP contribution in [0, 0.1) is 5.92 Å². The summed E-state index contributed by atoms with van der Waals surface area (Å²) in [5.41, 5.74) is 4.17. The third-order valence-corrected chi connectivity index (χ3v) is 5.66. The van der Waals surface area contributed by atoms with E-state index in [2.05, 4.69) is 33.7 Å². The molecule has 20 heavy (non-hydrogen) atoms. The van der Waals surface area contributed by atoms with Gasteiger partial charge in [0.25, 0.3) is 0 Å². The number of aromatic nitrogens is 1. The Morgan fingerprint density at radius 1 is 1.15 bits per heavy atom. The molecule has 1 N–H and O–H groups in total. The molecule has 3 heteroatoms. The molecule has 0 bridgehead atoms. The first-order valence-electron chi connectivity index (χ1n) is 7.88. The van der Waals surface area contributed by atoms with Crippen molar-refractivity contribution in [3.05, 3.63) is 35.5 Å². The van der Waals surface area contributed by atoms with Crippen LogP contribution in [-0.4, -0.2) is 27.7 Å². The van der Waals surface area contributed by atoms with Crippen molar-refractivity contribution in [3.8, 4) is 0 Å². The van der Waals surface area contributed by atoms with Gasteiger partial charge in [0.1, 0.15) is 6.23 Å². The number of benzene rings is 1. The van der Waals surface area contributed by atoms with E-state index in [1.165, 1.54) is 48.1 Å². The van der Waals surface area contributed by atoms with Gasteiger partial charge in [0.2, 0.25) is 0 Å². The number of aliphatic hydroxyl groups is 1. The van der Waals surface area contributed by atoms with E-state index in [1.54, 1.807) is 0 Å². The molecule has 1 aromatic carbocycles. The minimum atomic E-state index is -0.331. The Labute approximate surface area is 118 Å². The SMILES string of the molecule is O[C@H]1C[C@@H]2CCCN3CCc4c(n1c1ccccc41)C23. The molecule has 1 aromatic heterocycles. The van der Waals surface area contributed by atoms with Crippen LogP contribution in [-0.2, 0) is 6.42 Å². The Bertz CT molecular complexity index is 690. The zero-order valence-corrected chi connectivity index (χ0v) is 11.6. The van der Waals surface area contributed by atoms with Crippen molar-refractivity contribution in [2.45, 2.75) is 38.0 Å². The summed E-state index contributed by atoms with van der Waals surface area (Å²) in [6.45, 7) is 2.43. The summed E-state index contributed by atoms with van der Waals surface area (Å²) in [4.78, 5) is 2.66. The van der Waals surface area contributed by atoms with Crippen molar-refractivity contribution >= 4 is 10.9 Å². The Balaban J connectivity index is 1.85. The summed E-state index contributed by atoms with van der Waals surface area (Å²) in [6.07, 6.45) is 4.30. The van der Waals surface area contributed by atoms with Crippen LogP contribution in [0.1, 0.15) is 42.8 Å². The van der Waals surface area contributed by atoms with E-state index in [4.69, 9.17) is 0 Å². The first kappa shape index (κ1) is 11.4. The second-order valence-corrected chi connectivity index (χ2v) is 6.60. The smallest absolute Gasteiger partial charge is 0.131 e. The molecule has 0 spiro atoms. The number of hydrogen-bond acceptors (Lipinski definition) is 2. The van der Waals surface area contributed by atoms with E-state index < -0.39 is 0 Å². The number of nitrogens with zero attached hydrogens (tertiary/aromatic N) is 2.